The van der Waals surface area contributed by atoms with Crippen LogP contribution in [-0.4, -0.2) is 11.7 Å². The lowest BCUT2D eigenvalue weighted by molar-refractivity contribution is 0.281. The summed E-state index contributed by atoms with van der Waals surface area (Å²) in [6, 6.07) is 5.56. The summed E-state index contributed by atoms with van der Waals surface area (Å²) >= 11 is 3.40. The van der Waals surface area contributed by atoms with E-state index in [1.54, 1.807) is 0 Å². The van der Waals surface area contributed by atoms with Gasteiger partial charge in [0.05, 0.1) is 11.1 Å². The molecule has 0 saturated carbocycles. The molecule has 0 aliphatic rings. The van der Waals surface area contributed by atoms with Crippen LogP contribution in [0.25, 0.3) is 0 Å². The minimum absolute atomic E-state index is 0.0485. The van der Waals surface area contributed by atoms with E-state index in [1.165, 1.54) is 5.57 Å². The van der Waals surface area contributed by atoms with Crippen molar-refractivity contribution in [1.29, 1.82) is 0 Å². The van der Waals surface area contributed by atoms with E-state index in [4.69, 9.17) is 9.84 Å². The molecule has 2 nitrogen and oxygen atoms in total. The van der Waals surface area contributed by atoms with Crippen LogP contribution in [0.1, 0.15) is 19.4 Å². The second-order valence-electron chi connectivity index (χ2n) is 3.52. The van der Waals surface area contributed by atoms with E-state index in [0.717, 1.165) is 15.8 Å². The van der Waals surface area contributed by atoms with E-state index >= 15 is 0 Å². The summed E-state index contributed by atoms with van der Waals surface area (Å²) in [4.78, 5) is 0. The van der Waals surface area contributed by atoms with Gasteiger partial charge in [0.25, 0.3) is 0 Å². The van der Waals surface area contributed by atoms with Gasteiger partial charge in [-0.05, 0) is 53.5 Å². The first kappa shape index (κ1) is 12.3. The van der Waals surface area contributed by atoms with Crippen LogP contribution in [-0.2, 0) is 6.61 Å². The van der Waals surface area contributed by atoms with Crippen molar-refractivity contribution < 1.29 is 9.84 Å². The molecule has 1 N–H and O–H groups in total. The Balaban J connectivity index is 2.66. The molecular formula is C12H15BrO2. The number of benzene rings is 1. The van der Waals surface area contributed by atoms with Gasteiger partial charge >= 0.3 is 0 Å². The van der Waals surface area contributed by atoms with Gasteiger partial charge in [0.2, 0.25) is 0 Å². The number of halogens is 1. The highest BCUT2D eigenvalue weighted by Gasteiger charge is 2.01. The number of hydrogen-bond acceptors (Lipinski definition) is 2. The SMILES string of the molecule is CC(C)=CCOc1ccc(CO)cc1Br. The zero-order chi connectivity index (χ0) is 11.3. The highest BCUT2D eigenvalue weighted by molar-refractivity contribution is 9.10. The zero-order valence-corrected chi connectivity index (χ0v) is 10.5. The molecule has 0 aliphatic carbocycles. The monoisotopic (exact) mass is 270 g/mol. The second kappa shape index (κ2) is 5.93. The normalized spacial score (nSPS) is 9.87. The van der Waals surface area contributed by atoms with Gasteiger partial charge < -0.3 is 9.84 Å². The first-order valence-electron chi connectivity index (χ1n) is 4.79. The standard InChI is InChI=1S/C12H15BrO2/c1-9(2)5-6-15-12-4-3-10(8-14)7-11(12)13/h3-5,7,14H,6,8H2,1-2H3. The number of rotatable bonds is 4. The van der Waals surface area contributed by atoms with E-state index in [9.17, 15) is 0 Å². The summed E-state index contributed by atoms with van der Waals surface area (Å²) in [5.41, 5.74) is 2.11. The Kier molecular flexibility index (Phi) is 4.85. The van der Waals surface area contributed by atoms with Gasteiger partial charge in [-0.2, -0.15) is 0 Å². The van der Waals surface area contributed by atoms with Gasteiger partial charge in [-0.1, -0.05) is 11.6 Å². The predicted octanol–water partition coefficient (Wildman–Crippen LogP) is 3.29. The third-order valence-electron chi connectivity index (χ3n) is 1.91. The van der Waals surface area contributed by atoms with Crippen LogP contribution < -0.4 is 4.74 Å². The van der Waals surface area contributed by atoms with Crippen molar-refractivity contribution in [3.63, 3.8) is 0 Å². The van der Waals surface area contributed by atoms with Crippen molar-refractivity contribution in [2.45, 2.75) is 20.5 Å². The van der Waals surface area contributed by atoms with Crippen LogP contribution in [0.15, 0.2) is 34.3 Å². The van der Waals surface area contributed by atoms with E-state index < -0.39 is 0 Å². The Morgan fingerprint density at radius 2 is 2.20 bits per heavy atom. The lowest BCUT2D eigenvalue weighted by Crippen LogP contribution is -1.95. The Morgan fingerprint density at radius 3 is 2.73 bits per heavy atom. The lowest BCUT2D eigenvalue weighted by Gasteiger charge is -2.07. The number of aliphatic hydroxyl groups excluding tert-OH is 1. The highest BCUT2D eigenvalue weighted by atomic mass is 79.9. The number of hydrogen-bond donors (Lipinski definition) is 1. The molecule has 0 radical (unpaired) electrons. The van der Waals surface area contributed by atoms with Crippen molar-refractivity contribution in [3.05, 3.63) is 39.9 Å². The predicted molar refractivity (Wildman–Crippen MR) is 65.0 cm³/mol. The smallest absolute Gasteiger partial charge is 0.133 e. The van der Waals surface area contributed by atoms with E-state index in [0.29, 0.717) is 6.61 Å². The van der Waals surface area contributed by atoms with Crippen molar-refractivity contribution in [2.24, 2.45) is 0 Å². The largest absolute Gasteiger partial charge is 0.488 e. The van der Waals surface area contributed by atoms with Gasteiger partial charge in [0, 0.05) is 0 Å². The lowest BCUT2D eigenvalue weighted by atomic mass is 10.2. The molecule has 1 aromatic rings. The fourth-order valence-electron chi connectivity index (χ4n) is 1.06. The molecule has 0 aromatic heterocycles. The number of aliphatic hydroxyl groups is 1. The first-order valence-corrected chi connectivity index (χ1v) is 5.58. The second-order valence-corrected chi connectivity index (χ2v) is 4.37. The maximum atomic E-state index is 8.93. The Morgan fingerprint density at radius 1 is 1.47 bits per heavy atom. The first-order chi connectivity index (χ1) is 7.13. The fourth-order valence-corrected chi connectivity index (χ4v) is 1.60. The van der Waals surface area contributed by atoms with Crippen LogP contribution in [0.4, 0.5) is 0 Å². The Hall–Kier alpha value is -0.800. The summed E-state index contributed by atoms with van der Waals surface area (Å²) in [6.07, 6.45) is 2.02. The third-order valence-corrected chi connectivity index (χ3v) is 2.53. The summed E-state index contributed by atoms with van der Waals surface area (Å²) in [6.45, 7) is 4.69. The molecule has 0 spiro atoms. The summed E-state index contributed by atoms with van der Waals surface area (Å²) < 4.78 is 6.41. The van der Waals surface area contributed by atoms with Gasteiger partial charge in [-0.15, -0.1) is 0 Å². The molecule has 0 fully saturated rings. The molecule has 1 rings (SSSR count). The minimum Gasteiger partial charge on any atom is -0.488 e. The molecule has 82 valence electrons. The van der Waals surface area contributed by atoms with Crippen molar-refractivity contribution in [2.75, 3.05) is 6.61 Å². The van der Waals surface area contributed by atoms with Crippen LogP contribution in [0.5, 0.6) is 5.75 Å². The van der Waals surface area contributed by atoms with Crippen LogP contribution in [0.3, 0.4) is 0 Å². The van der Waals surface area contributed by atoms with Gasteiger partial charge in [-0.25, -0.2) is 0 Å². The molecule has 0 amide bonds. The molecular weight excluding hydrogens is 256 g/mol. The molecule has 1 aromatic carbocycles. The summed E-state index contributed by atoms with van der Waals surface area (Å²) in [5, 5.41) is 8.93. The zero-order valence-electron chi connectivity index (χ0n) is 8.96. The molecule has 3 heteroatoms. The van der Waals surface area contributed by atoms with Gasteiger partial charge in [0.1, 0.15) is 12.4 Å². The molecule has 0 bridgehead atoms. The van der Waals surface area contributed by atoms with E-state index in [-0.39, 0.29) is 6.61 Å². The summed E-state index contributed by atoms with van der Waals surface area (Å²) in [5.74, 6) is 0.796. The molecule has 0 aliphatic heterocycles. The molecule has 0 heterocycles. The van der Waals surface area contributed by atoms with Crippen molar-refractivity contribution >= 4 is 15.9 Å². The Labute approximate surface area is 98.7 Å². The fraction of sp³-hybridized carbons (Fsp3) is 0.333. The minimum atomic E-state index is 0.0485. The van der Waals surface area contributed by atoms with Crippen LogP contribution in [0, 0.1) is 0 Å². The highest BCUT2D eigenvalue weighted by Crippen LogP contribution is 2.26. The van der Waals surface area contributed by atoms with Gasteiger partial charge in [0.15, 0.2) is 0 Å². The molecule has 0 atom stereocenters. The summed E-state index contributed by atoms with van der Waals surface area (Å²) in [7, 11) is 0. The van der Waals surface area contributed by atoms with Crippen LogP contribution in [0.2, 0.25) is 0 Å². The van der Waals surface area contributed by atoms with Crippen LogP contribution >= 0.6 is 15.9 Å². The number of ether oxygens (including phenoxy) is 1. The van der Waals surface area contributed by atoms with Crippen molar-refractivity contribution in [3.8, 4) is 5.75 Å². The Bertz CT molecular complexity index is 355. The molecule has 0 saturated heterocycles. The topological polar surface area (TPSA) is 29.5 Å². The maximum absolute atomic E-state index is 8.93. The van der Waals surface area contributed by atoms with Gasteiger partial charge in [-0.3, -0.25) is 0 Å². The third kappa shape index (κ3) is 4.06. The molecule has 15 heavy (non-hydrogen) atoms. The van der Waals surface area contributed by atoms with E-state index in [2.05, 4.69) is 15.9 Å². The van der Waals surface area contributed by atoms with Crippen molar-refractivity contribution in [1.82, 2.24) is 0 Å². The quantitative estimate of drug-likeness (QED) is 0.851. The average molecular weight is 271 g/mol. The average Bonchev–Trinajstić information content (AvgIpc) is 2.20. The molecule has 0 unspecified atom stereocenters. The van der Waals surface area contributed by atoms with E-state index in [1.807, 2.05) is 38.1 Å². The maximum Gasteiger partial charge on any atom is 0.133 e. The number of allylic oxidation sites excluding steroid dienone is 1.